The van der Waals surface area contributed by atoms with E-state index < -0.39 is 12.1 Å². The van der Waals surface area contributed by atoms with Crippen LogP contribution in [0.3, 0.4) is 0 Å². The highest BCUT2D eigenvalue weighted by Crippen LogP contribution is 2.17. The first kappa shape index (κ1) is 64.3. The highest BCUT2D eigenvalue weighted by molar-refractivity contribution is 5.76. The number of allylic oxidation sites excluding steroid dienone is 3. The molecule has 0 aromatic carbocycles. The van der Waals surface area contributed by atoms with E-state index >= 15 is 0 Å². The predicted molar refractivity (Wildman–Crippen MR) is 287 cm³/mol. The van der Waals surface area contributed by atoms with Crippen LogP contribution >= 0.6 is 0 Å². The number of hydrogen-bond acceptors (Lipinski definition) is 5. The predicted octanol–water partition coefficient (Wildman–Crippen LogP) is 18.2. The Morgan fingerprint density at radius 2 is 0.712 bits per heavy atom. The van der Waals surface area contributed by atoms with Gasteiger partial charge in [-0.1, -0.05) is 276 Å². The molecule has 0 spiro atoms. The minimum Gasteiger partial charge on any atom is -0.466 e. The van der Waals surface area contributed by atoms with Gasteiger partial charge in [0, 0.05) is 12.8 Å². The van der Waals surface area contributed by atoms with Crippen LogP contribution in [0.1, 0.15) is 322 Å². The molecular formula is C60H115NO5. The van der Waals surface area contributed by atoms with Gasteiger partial charge in [-0.05, 0) is 57.8 Å². The Morgan fingerprint density at radius 3 is 1.08 bits per heavy atom. The summed E-state index contributed by atoms with van der Waals surface area (Å²) in [5.74, 6) is -0.0786. The summed E-state index contributed by atoms with van der Waals surface area (Å²) in [6.07, 6.45) is 67.7. The number of hydrogen-bond donors (Lipinski definition) is 3. The third-order valence-electron chi connectivity index (χ3n) is 13.7. The average molecular weight is 931 g/mol. The summed E-state index contributed by atoms with van der Waals surface area (Å²) >= 11 is 0. The van der Waals surface area contributed by atoms with Gasteiger partial charge in [0.2, 0.25) is 5.91 Å². The van der Waals surface area contributed by atoms with Gasteiger partial charge < -0.3 is 20.3 Å². The normalized spacial score (nSPS) is 12.7. The summed E-state index contributed by atoms with van der Waals surface area (Å²) in [6, 6.07) is -0.633. The third kappa shape index (κ3) is 51.7. The van der Waals surface area contributed by atoms with Gasteiger partial charge in [0.1, 0.15) is 0 Å². The summed E-state index contributed by atoms with van der Waals surface area (Å²) < 4.78 is 5.47. The Kier molecular flexibility index (Phi) is 54.5. The quantitative estimate of drug-likeness (QED) is 0.0321. The number of carbonyl (C=O) groups excluding carboxylic acids is 2. The number of amides is 1. The van der Waals surface area contributed by atoms with Crippen molar-refractivity contribution >= 4 is 11.9 Å². The van der Waals surface area contributed by atoms with Crippen LogP contribution in [0, 0.1) is 0 Å². The van der Waals surface area contributed by atoms with Crippen molar-refractivity contribution in [3.63, 3.8) is 0 Å². The van der Waals surface area contributed by atoms with E-state index in [0.29, 0.717) is 19.4 Å². The first-order valence-electron chi connectivity index (χ1n) is 29.6. The van der Waals surface area contributed by atoms with E-state index in [9.17, 15) is 19.8 Å². The number of unbranched alkanes of at least 4 members (excludes halogenated alkanes) is 42. The number of rotatable bonds is 55. The van der Waals surface area contributed by atoms with E-state index in [-0.39, 0.29) is 18.5 Å². The molecule has 0 aliphatic carbocycles. The lowest BCUT2D eigenvalue weighted by atomic mass is 10.0. The van der Waals surface area contributed by atoms with Crippen molar-refractivity contribution in [3.05, 3.63) is 24.3 Å². The van der Waals surface area contributed by atoms with E-state index in [1.165, 1.54) is 250 Å². The number of aliphatic hydroxyl groups is 2. The zero-order valence-electron chi connectivity index (χ0n) is 44.4. The van der Waals surface area contributed by atoms with Gasteiger partial charge in [-0.2, -0.15) is 0 Å². The molecule has 6 nitrogen and oxygen atoms in total. The topological polar surface area (TPSA) is 95.9 Å². The molecule has 66 heavy (non-hydrogen) atoms. The lowest BCUT2D eigenvalue weighted by Crippen LogP contribution is -2.45. The molecule has 0 aromatic heterocycles. The van der Waals surface area contributed by atoms with Gasteiger partial charge in [0.25, 0.3) is 0 Å². The Hall–Kier alpha value is -1.66. The van der Waals surface area contributed by atoms with E-state index in [2.05, 4.69) is 31.3 Å². The summed E-state index contributed by atoms with van der Waals surface area (Å²) in [6.45, 7) is 4.89. The van der Waals surface area contributed by atoms with E-state index in [0.717, 1.165) is 44.9 Å². The maximum Gasteiger partial charge on any atom is 0.305 e. The van der Waals surface area contributed by atoms with Crippen molar-refractivity contribution in [1.29, 1.82) is 0 Å². The average Bonchev–Trinajstić information content (AvgIpc) is 3.32. The van der Waals surface area contributed by atoms with Gasteiger partial charge in [-0.15, -0.1) is 0 Å². The number of aliphatic hydroxyl groups excluding tert-OH is 2. The highest BCUT2D eigenvalue weighted by atomic mass is 16.5. The standard InChI is InChI=1S/C60H115NO5/c1-3-5-7-9-11-13-15-17-19-20-21-22-25-28-32-36-40-44-48-52-58(63)57(56-62)61-59(64)53-49-45-41-37-33-29-26-23-24-27-31-35-39-43-47-51-55-66-60(65)54-50-46-42-38-34-30-18-16-14-12-10-8-6-4-2/h16,18,48,52,57-58,62-63H,3-15,17,19-47,49-51,53-56H2,1-2H3,(H,61,64)/b18-16-,52-48+. The van der Waals surface area contributed by atoms with Crippen LogP contribution in [-0.4, -0.2) is 47.4 Å². The Bertz CT molecular complexity index is 1030. The molecule has 0 heterocycles. The smallest absolute Gasteiger partial charge is 0.305 e. The first-order chi connectivity index (χ1) is 32.5. The zero-order valence-corrected chi connectivity index (χ0v) is 44.4. The summed E-state index contributed by atoms with van der Waals surface area (Å²) in [5.41, 5.74) is 0. The molecule has 0 fully saturated rings. The van der Waals surface area contributed by atoms with Crippen molar-refractivity contribution in [2.24, 2.45) is 0 Å². The number of nitrogens with one attached hydrogen (secondary N) is 1. The molecule has 2 unspecified atom stereocenters. The number of ether oxygens (including phenoxy) is 1. The second-order valence-electron chi connectivity index (χ2n) is 20.3. The van der Waals surface area contributed by atoms with Crippen LogP contribution in [0.4, 0.5) is 0 Å². The van der Waals surface area contributed by atoms with E-state index in [1.807, 2.05) is 6.08 Å². The molecule has 3 N–H and O–H groups in total. The van der Waals surface area contributed by atoms with Gasteiger partial charge in [-0.3, -0.25) is 9.59 Å². The first-order valence-corrected chi connectivity index (χ1v) is 29.6. The maximum atomic E-state index is 12.5. The second-order valence-corrected chi connectivity index (χ2v) is 20.3. The number of esters is 1. The molecule has 0 saturated carbocycles. The fraction of sp³-hybridized carbons (Fsp3) is 0.900. The summed E-state index contributed by atoms with van der Waals surface area (Å²) in [5, 5.41) is 23.2. The molecule has 6 heteroatoms. The van der Waals surface area contributed by atoms with E-state index in [4.69, 9.17) is 4.74 Å². The molecule has 2 atom stereocenters. The third-order valence-corrected chi connectivity index (χ3v) is 13.7. The van der Waals surface area contributed by atoms with Crippen LogP contribution in [0.25, 0.3) is 0 Å². The van der Waals surface area contributed by atoms with Gasteiger partial charge in [-0.25, -0.2) is 0 Å². The van der Waals surface area contributed by atoms with Crippen LogP contribution in [0.5, 0.6) is 0 Å². The van der Waals surface area contributed by atoms with Crippen molar-refractivity contribution in [2.75, 3.05) is 13.2 Å². The van der Waals surface area contributed by atoms with Crippen molar-refractivity contribution in [2.45, 2.75) is 334 Å². The highest BCUT2D eigenvalue weighted by Gasteiger charge is 2.18. The second kappa shape index (κ2) is 55.9. The van der Waals surface area contributed by atoms with Crippen molar-refractivity contribution in [1.82, 2.24) is 5.32 Å². The molecular weight excluding hydrogens is 815 g/mol. The minimum absolute atomic E-state index is 0.00600. The van der Waals surface area contributed by atoms with Crippen molar-refractivity contribution < 1.29 is 24.5 Å². The Labute approximate surface area is 411 Å². The van der Waals surface area contributed by atoms with Crippen LogP contribution in [-0.2, 0) is 14.3 Å². The molecule has 0 aliphatic heterocycles. The summed E-state index contributed by atoms with van der Waals surface area (Å²) in [7, 11) is 0. The minimum atomic E-state index is -0.849. The molecule has 390 valence electrons. The molecule has 0 aromatic rings. The van der Waals surface area contributed by atoms with Crippen LogP contribution in [0.2, 0.25) is 0 Å². The Morgan fingerprint density at radius 1 is 0.409 bits per heavy atom. The monoisotopic (exact) mass is 930 g/mol. The Balaban J connectivity index is 3.46. The number of carbonyl (C=O) groups is 2. The van der Waals surface area contributed by atoms with Crippen LogP contribution < -0.4 is 5.32 Å². The van der Waals surface area contributed by atoms with Gasteiger partial charge in [0.15, 0.2) is 0 Å². The largest absolute Gasteiger partial charge is 0.466 e. The maximum absolute atomic E-state index is 12.5. The molecule has 0 rings (SSSR count). The fourth-order valence-corrected chi connectivity index (χ4v) is 9.16. The fourth-order valence-electron chi connectivity index (χ4n) is 9.16. The van der Waals surface area contributed by atoms with Gasteiger partial charge in [0.05, 0.1) is 25.4 Å². The van der Waals surface area contributed by atoms with Crippen molar-refractivity contribution in [3.8, 4) is 0 Å². The SMILES string of the molecule is CCCCCCC/C=C\CCCCCCCC(=O)OCCCCCCCCCCCCCCCCCCC(=O)NC(CO)C(O)/C=C/CCCCCCCCCCCCCCCCCCC. The lowest BCUT2D eigenvalue weighted by molar-refractivity contribution is -0.143. The molecule has 0 saturated heterocycles. The van der Waals surface area contributed by atoms with E-state index in [1.54, 1.807) is 6.08 Å². The molecule has 0 radical (unpaired) electrons. The molecule has 0 bridgehead atoms. The van der Waals surface area contributed by atoms with Gasteiger partial charge >= 0.3 is 5.97 Å². The lowest BCUT2D eigenvalue weighted by Gasteiger charge is -2.20. The van der Waals surface area contributed by atoms with Crippen LogP contribution in [0.15, 0.2) is 24.3 Å². The summed E-state index contributed by atoms with van der Waals surface area (Å²) in [4.78, 5) is 24.5. The zero-order chi connectivity index (χ0) is 47.9. The molecule has 1 amide bonds. The molecule has 0 aliphatic rings.